The zero-order valence-corrected chi connectivity index (χ0v) is 50.0. The van der Waals surface area contributed by atoms with Gasteiger partial charge in [-0.15, -0.1) is 0 Å². The van der Waals surface area contributed by atoms with Gasteiger partial charge in [0.2, 0.25) is 53.2 Å². The Labute approximate surface area is 504 Å². The van der Waals surface area contributed by atoms with Gasteiger partial charge >= 0.3 is 11.9 Å². The van der Waals surface area contributed by atoms with Gasteiger partial charge in [-0.05, 0) is 80.0 Å². The average Bonchev–Trinajstić information content (AvgIpc) is 2.59. The Balaban J connectivity index is 1.59. The molecule has 1 aliphatic rings. The summed E-state index contributed by atoms with van der Waals surface area (Å²) in [5.74, 6) is -11.6. The van der Waals surface area contributed by atoms with Crippen LogP contribution in [-0.2, 0) is 72.0 Å². The lowest BCUT2D eigenvalue weighted by molar-refractivity contribution is -0.143. The molecule has 1 saturated heterocycles. The first-order valence-corrected chi connectivity index (χ1v) is 28.8. The van der Waals surface area contributed by atoms with E-state index in [-0.39, 0.29) is 75.7 Å². The van der Waals surface area contributed by atoms with Crippen molar-refractivity contribution in [1.82, 2.24) is 57.4 Å². The van der Waals surface area contributed by atoms with E-state index >= 15 is 0 Å². The van der Waals surface area contributed by atoms with Gasteiger partial charge in [-0.1, -0.05) is 84.0 Å². The summed E-state index contributed by atoms with van der Waals surface area (Å²) < 4.78 is 0. The number of hydrogen-bond acceptors (Lipinski definition) is 15. The lowest BCUT2D eigenvalue weighted by atomic mass is 9.98. The van der Waals surface area contributed by atoms with Crippen molar-refractivity contribution in [2.75, 3.05) is 13.1 Å². The summed E-state index contributed by atoms with van der Waals surface area (Å²) in [7, 11) is 0. The molecule has 476 valence electrons. The maximum atomic E-state index is 14.9. The number of aromatic nitrogens is 2. The van der Waals surface area contributed by atoms with E-state index < -0.39 is 144 Å². The molecular weight excluding hydrogens is 1130 g/mol. The summed E-state index contributed by atoms with van der Waals surface area (Å²) in [5.41, 5.74) is 18.2. The topological polar surface area (TPSA) is 467 Å². The molecule has 9 amide bonds. The number of carbonyl (C=O) groups excluding carboxylic acids is 9. The molecule has 29 heteroatoms. The number of carboxylic acid groups (broad SMARTS) is 2. The monoisotopic (exact) mass is 1220 g/mol. The first-order valence-electron chi connectivity index (χ1n) is 28.8. The number of H-pyrrole nitrogens is 1. The van der Waals surface area contributed by atoms with Crippen LogP contribution in [0.1, 0.15) is 104 Å². The van der Waals surface area contributed by atoms with Crippen LogP contribution in [0.3, 0.4) is 0 Å². The van der Waals surface area contributed by atoms with Gasteiger partial charge in [-0.2, -0.15) is 0 Å². The molecular formula is C58H85N15O14. The summed E-state index contributed by atoms with van der Waals surface area (Å²) >= 11 is 0. The molecule has 29 nitrogen and oxygen atoms in total. The largest absolute Gasteiger partial charge is 0.508 e. The lowest BCUT2D eigenvalue weighted by Crippen LogP contribution is -2.62. The number of nitrogens with one attached hydrogen (secondary N) is 9. The maximum absolute atomic E-state index is 14.9. The van der Waals surface area contributed by atoms with E-state index in [9.17, 15) is 68.1 Å². The van der Waals surface area contributed by atoms with Gasteiger partial charge in [-0.25, -0.2) is 9.78 Å². The molecule has 18 N–H and O–H groups in total. The Kier molecular flexibility index (Phi) is 27.6. The normalized spacial score (nSPS) is 16.1. The molecule has 0 spiro atoms. The van der Waals surface area contributed by atoms with Crippen LogP contribution in [0.25, 0.3) is 0 Å². The predicted octanol–water partition coefficient (Wildman–Crippen LogP) is -1.67. The summed E-state index contributed by atoms with van der Waals surface area (Å²) in [5, 5.41) is 50.0. The van der Waals surface area contributed by atoms with Gasteiger partial charge in [0, 0.05) is 44.2 Å². The highest BCUT2D eigenvalue weighted by atomic mass is 16.4. The highest BCUT2D eigenvalue weighted by Gasteiger charge is 2.41. The molecule has 0 aliphatic carbocycles. The molecule has 0 bridgehead atoms. The van der Waals surface area contributed by atoms with E-state index in [1.54, 1.807) is 71.9 Å². The summed E-state index contributed by atoms with van der Waals surface area (Å²) in [6.07, 6.45) is 2.38. The third kappa shape index (κ3) is 23.0. The van der Waals surface area contributed by atoms with Gasteiger partial charge in [0.25, 0.3) is 0 Å². The van der Waals surface area contributed by atoms with Gasteiger partial charge in [0.15, 0.2) is 5.96 Å². The molecule has 1 fully saturated rings. The number of likely N-dealkylation sites (tertiary alicyclic amines) is 1. The van der Waals surface area contributed by atoms with Gasteiger partial charge in [0.1, 0.15) is 60.1 Å². The molecule has 3 aromatic rings. The van der Waals surface area contributed by atoms with E-state index in [1.165, 1.54) is 48.6 Å². The Morgan fingerprint density at radius 2 is 1.18 bits per heavy atom. The number of rotatable bonds is 34. The number of nitrogens with two attached hydrogens (primary N) is 3. The number of aromatic amines is 1. The molecule has 0 radical (unpaired) electrons. The number of phenolic OH excluding ortho intramolecular Hbond substituents is 1. The fraction of sp³-hybridized carbons (Fsp3) is 0.534. The molecule has 87 heavy (non-hydrogen) atoms. The van der Waals surface area contributed by atoms with Crippen molar-refractivity contribution >= 4 is 71.1 Å². The van der Waals surface area contributed by atoms with Crippen LogP contribution >= 0.6 is 0 Å². The first kappa shape index (κ1) is 70.3. The molecule has 2 aromatic carbocycles. The number of guanidine groups is 1. The molecule has 4 rings (SSSR count). The van der Waals surface area contributed by atoms with Crippen LogP contribution in [0, 0.1) is 17.8 Å². The van der Waals surface area contributed by atoms with Crippen molar-refractivity contribution in [3.05, 3.63) is 83.9 Å². The second-order valence-corrected chi connectivity index (χ2v) is 22.6. The van der Waals surface area contributed by atoms with Gasteiger partial charge < -0.3 is 84.9 Å². The number of amides is 9. The fourth-order valence-corrected chi connectivity index (χ4v) is 9.53. The number of imidazole rings is 1. The number of hydrogen-bond donors (Lipinski definition) is 15. The van der Waals surface area contributed by atoms with E-state index in [0.29, 0.717) is 23.2 Å². The van der Waals surface area contributed by atoms with Crippen molar-refractivity contribution in [1.29, 1.82) is 0 Å². The van der Waals surface area contributed by atoms with Crippen molar-refractivity contribution in [2.45, 2.75) is 167 Å². The van der Waals surface area contributed by atoms with Crippen molar-refractivity contribution < 1.29 is 68.1 Å². The Hall–Kier alpha value is -9.15. The van der Waals surface area contributed by atoms with E-state index in [2.05, 4.69) is 57.5 Å². The van der Waals surface area contributed by atoms with E-state index in [1.807, 2.05) is 0 Å². The van der Waals surface area contributed by atoms with Crippen LogP contribution in [0.5, 0.6) is 5.75 Å². The Morgan fingerprint density at radius 1 is 0.644 bits per heavy atom. The number of aromatic hydroxyl groups is 1. The predicted molar refractivity (Wildman–Crippen MR) is 317 cm³/mol. The smallest absolute Gasteiger partial charge is 0.326 e. The zero-order chi connectivity index (χ0) is 64.7. The van der Waals surface area contributed by atoms with Crippen LogP contribution in [0.15, 0.2) is 72.1 Å². The molecule has 0 saturated carbocycles. The number of aliphatic imine (C=N–C) groups is 1. The molecule has 2 heterocycles. The Bertz CT molecular complexity index is 2870. The van der Waals surface area contributed by atoms with Crippen LogP contribution < -0.4 is 59.7 Å². The number of carboxylic acids is 2. The second kappa shape index (κ2) is 34.1. The standard InChI is InChI=1S/C58H85N15O14/c1-30(2)23-43(57(86)87)70-48(77)33(7)65-51(80)40(24-34-13-9-8-10-14-34)67-53(82)44-16-12-22-73(44)56(85)42(26-36-28-62-29-64-36)69-55(84)47(32(5)6)72-52(81)41(25-35-17-19-37(74)20-18-35)68-54(83)46(31(3)4)71-50(79)39(15-11-21-63-58(60)61)66-49(78)38(59)27-45(75)76/h8-10,13-14,17-20,28-33,38-44,46-47,74H,11-12,15-16,21-27,59H2,1-7H3,(H,62,64)(H,65,80)(H,66,78)(H,67,82)(H,68,83)(H,69,84)(H,70,77)(H,71,79)(H,72,81)(H,75,76)(H,86,87)(H4,60,61,63)/t33-,38-,39-,40-,41-,42-,43-,44-,46-,47-/m0/s1. The molecule has 0 unspecified atom stereocenters. The zero-order valence-electron chi connectivity index (χ0n) is 50.0. The van der Waals surface area contributed by atoms with Crippen LogP contribution in [-0.4, -0.2) is 175 Å². The highest BCUT2D eigenvalue weighted by Crippen LogP contribution is 2.21. The third-order valence-electron chi connectivity index (χ3n) is 14.2. The van der Waals surface area contributed by atoms with Crippen molar-refractivity contribution in [2.24, 2.45) is 39.9 Å². The average molecular weight is 1220 g/mol. The highest BCUT2D eigenvalue weighted by molar-refractivity contribution is 5.99. The first-order chi connectivity index (χ1) is 41.0. The van der Waals surface area contributed by atoms with Crippen molar-refractivity contribution in [3.8, 4) is 5.75 Å². The minimum atomic E-state index is -1.53. The van der Waals surface area contributed by atoms with Gasteiger partial charge in [0.05, 0.1) is 18.8 Å². The fourth-order valence-electron chi connectivity index (χ4n) is 9.53. The number of aliphatic carboxylic acids is 2. The summed E-state index contributed by atoms with van der Waals surface area (Å²) in [4.78, 5) is 162. The number of nitrogens with zero attached hydrogens (tertiary/aromatic N) is 3. The number of phenols is 1. The third-order valence-corrected chi connectivity index (χ3v) is 14.2. The molecule has 10 atom stereocenters. The SMILES string of the molecule is CC(C)C[C@H](NC(=O)[C@H](C)NC(=O)[C@H](Cc1ccccc1)NC(=O)[C@@H]1CCCN1C(=O)[C@H](Cc1cnc[nH]1)NC(=O)[C@@H](NC(=O)[C@H](Cc1ccc(O)cc1)NC(=O)[C@@H](NC(=O)[C@H](CCCN=C(N)N)NC(=O)[C@@H](N)CC(=O)O)C(C)C)C(C)C)C(=O)O. The molecule has 1 aliphatic heterocycles. The summed E-state index contributed by atoms with van der Waals surface area (Å²) in [6.45, 7) is 11.6. The van der Waals surface area contributed by atoms with Crippen LogP contribution in [0.2, 0.25) is 0 Å². The quantitative estimate of drug-likeness (QED) is 0.0181. The number of benzene rings is 2. The minimum absolute atomic E-state index is 0.0343. The van der Waals surface area contributed by atoms with E-state index in [4.69, 9.17) is 17.2 Å². The lowest BCUT2D eigenvalue weighted by Gasteiger charge is -2.32. The van der Waals surface area contributed by atoms with E-state index in [0.717, 1.165) is 0 Å². The molecule has 1 aromatic heterocycles. The number of carbonyl (C=O) groups is 11. The minimum Gasteiger partial charge on any atom is -0.508 e. The van der Waals surface area contributed by atoms with Crippen molar-refractivity contribution in [3.63, 3.8) is 0 Å². The maximum Gasteiger partial charge on any atom is 0.326 e. The van der Waals surface area contributed by atoms with Crippen LogP contribution in [0.4, 0.5) is 0 Å². The second-order valence-electron chi connectivity index (χ2n) is 22.6. The van der Waals surface area contributed by atoms with Gasteiger partial charge in [-0.3, -0.25) is 52.9 Å². The Morgan fingerprint density at radius 3 is 1.72 bits per heavy atom. The summed E-state index contributed by atoms with van der Waals surface area (Å²) in [6, 6.07) is 1.12.